The van der Waals surface area contributed by atoms with Gasteiger partial charge in [-0.25, -0.2) is 4.79 Å². The molecular weight excluding hydrogens is 288 g/mol. The number of nitrogens with one attached hydrogen (secondary N) is 1. The van der Waals surface area contributed by atoms with Gasteiger partial charge in [0.1, 0.15) is 0 Å². The van der Waals surface area contributed by atoms with Crippen molar-refractivity contribution in [1.29, 1.82) is 0 Å². The molecule has 0 unspecified atom stereocenters. The minimum Gasteiger partial charge on any atom is -0.381 e. The first-order valence-electron chi connectivity index (χ1n) is 9.57. The Morgan fingerprint density at radius 2 is 2.00 bits per heavy atom. The third-order valence-electron chi connectivity index (χ3n) is 7.82. The van der Waals surface area contributed by atoms with Gasteiger partial charge in [-0.05, 0) is 55.3 Å². The molecule has 4 rings (SSSR count). The lowest BCUT2D eigenvalue weighted by Crippen LogP contribution is -2.52. The maximum absolute atomic E-state index is 13.0. The van der Waals surface area contributed by atoms with Crippen molar-refractivity contribution < 1.29 is 9.53 Å². The molecule has 4 heteroatoms. The van der Waals surface area contributed by atoms with Crippen molar-refractivity contribution in [3.63, 3.8) is 0 Å². The summed E-state index contributed by atoms with van der Waals surface area (Å²) in [7, 11) is 0. The van der Waals surface area contributed by atoms with Crippen LogP contribution in [0.1, 0.15) is 59.3 Å². The van der Waals surface area contributed by atoms with Crippen molar-refractivity contribution in [3.8, 4) is 0 Å². The Bertz CT molecular complexity index is 482. The molecular formula is C19H32N2O2. The average Bonchev–Trinajstić information content (AvgIpc) is 3.12. The van der Waals surface area contributed by atoms with Gasteiger partial charge < -0.3 is 15.0 Å². The van der Waals surface area contributed by atoms with Gasteiger partial charge in [0.2, 0.25) is 0 Å². The summed E-state index contributed by atoms with van der Waals surface area (Å²) in [6.45, 7) is 9.79. The minimum absolute atomic E-state index is 0.189. The Hall–Kier alpha value is -0.770. The molecule has 4 fully saturated rings. The van der Waals surface area contributed by atoms with Crippen LogP contribution in [0.3, 0.4) is 0 Å². The van der Waals surface area contributed by atoms with Gasteiger partial charge in [-0.15, -0.1) is 0 Å². The van der Waals surface area contributed by atoms with E-state index in [1.54, 1.807) is 0 Å². The summed E-state index contributed by atoms with van der Waals surface area (Å²) >= 11 is 0. The zero-order valence-corrected chi connectivity index (χ0v) is 14.9. The number of rotatable bonds is 4. The van der Waals surface area contributed by atoms with Crippen LogP contribution in [0.25, 0.3) is 0 Å². The fraction of sp³-hybridized carbons (Fsp3) is 0.947. The lowest BCUT2D eigenvalue weighted by molar-refractivity contribution is 0.114. The van der Waals surface area contributed by atoms with E-state index in [-0.39, 0.29) is 11.4 Å². The van der Waals surface area contributed by atoms with Gasteiger partial charge in [0.25, 0.3) is 0 Å². The first-order valence-corrected chi connectivity index (χ1v) is 9.57. The maximum atomic E-state index is 13.0. The fourth-order valence-electron chi connectivity index (χ4n) is 5.44. The summed E-state index contributed by atoms with van der Waals surface area (Å²) in [6, 6.07) is 1.02. The van der Waals surface area contributed by atoms with E-state index in [9.17, 15) is 4.79 Å². The highest BCUT2D eigenvalue weighted by molar-refractivity contribution is 5.75. The lowest BCUT2D eigenvalue weighted by atomic mass is 9.69. The van der Waals surface area contributed by atoms with Crippen LogP contribution in [-0.2, 0) is 4.74 Å². The molecule has 0 spiro atoms. The van der Waals surface area contributed by atoms with Crippen molar-refractivity contribution in [3.05, 3.63) is 0 Å². The van der Waals surface area contributed by atoms with E-state index in [0.29, 0.717) is 23.4 Å². The van der Waals surface area contributed by atoms with Gasteiger partial charge in [0.05, 0.1) is 6.61 Å². The largest absolute Gasteiger partial charge is 0.381 e. The van der Waals surface area contributed by atoms with Crippen LogP contribution in [-0.4, -0.2) is 42.8 Å². The SMILES string of the molecule is CC1(C)[C@H]2CC[C@@]1(C)[C@@H](NC(=O)N(C[C@H]1CCOC1)C1CC1)C2. The Morgan fingerprint density at radius 1 is 1.22 bits per heavy atom. The van der Waals surface area contributed by atoms with Gasteiger partial charge in [0.15, 0.2) is 0 Å². The highest BCUT2D eigenvalue weighted by atomic mass is 16.5. The summed E-state index contributed by atoms with van der Waals surface area (Å²) in [6.07, 6.45) is 7.22. The van der Waals surface area contributed by atoms with Crippen LogP contribution >= 0.6 is 0 Å². The summed E-state index contributed by atoms with van der Waals surface area (Å²) in [4.78, 5) is 15.1. The Morgan fingerprint density at radius 3 is 2.52 bits per heavy atom. The molecule has 4 atom stereocenters. The number of ether oxygens (including phenoxy) is 1. The molecule has 130 valence electrons. The number of hydrogen-bond donors (Lipinski definition) is 1. The van der Waals surface area contributed by atoms with Gasteiger partial charge in [0, 0.05) is 31.2 Å². The lowest BCUT2D eigenvalue weighted by Gasteiger charge is -2.40. The van der Waals surface area contributed by atoms with Crippen molar-refractivity contribution in [2.45, 2.75) is 71.4 Å². The van der Waals surface area contributed by atoms with Crippen LogP contribution in [0, 0.1) is 22.7 Å². The molecule has 0 radical (unpaired) electrons. The van der Waals surface area contributed by atoms with E-state index in [1.165, 1.54) is 32.1 Å². The summed E-state index contributed by atoms with van der Waals surface area (Å²) in [5.74, 6) is 1.31. The smallest absolute Gasteiger partial charge is 0.317 e. The van der Waals surface area contributed by atoms with Crippen LogP contribution in [0.4, 0.5) is 4.79 Å². The first kappa shape index (κ1) is 15.7. The number of amides is 2. The van der Waals surface area contributed by atoms with Crippen molar-refractivity contribution >= 4 is 6.03 Å². The molecule has 0 aromatic heterocycles. The molecule has 2 amide bonds. The molecule has 1 saturated heterocycles. The summed E-state index contributed by atoms with van der Waals surface area (Å²) in [5, 5.41) is 3.45. The third-order valence-corrected chi connectivity index (χ3v) is 7.82. The second kappa shape index (κ2) is 5.37. The highest BCUT2D eigenvalue weighted by Crippen LogP contribution is 2.65. The molecule has 1 N–H and O–H groups in total. The minimum atomic E-state index is 0.189. The van der Waals surface area contributed by atoms with Crippen molar-refractivity contribution in [2.24, 2.45) is 22.7 Å². The van der Waals surface area contributed by atoms with E-state index >= 15 is 0 Å². The summed E-state index contributed by atoms with van der Waals surface area (Å²) in [5.41, 5.74) is 0.619. The number of nitrogens with zero attached hydrogens (tertiary/aromatic N) is 1. The molecule has 0 aromatic rings. The highest BCUT2D eigenvalue weighted by Gasteiger charge is 2.61. The van der Waals surface area contributed by atoms with Crippen LogP contribution < -0.4 is 5.32 Å². The first-order chi connectivity index (χ1) is 10.9. The Kier molecular flexibility index (Phi) is 3.67. The van der Waals surface area contributed by atoms with Gasteiger partial charge in [-0.1, -0.05) is 20.8 Å². The van der Waals surface area contributed by atoms with Crippen molar-refractivity contribution in [1.82, 2.24) is 10.2 Å². The number of carbonyl (C=O) groups is 1. The molecule has 1 heterocycles. The predicted molar refractivity (Wildman–Crippen MR) is 90.2 cm³/mol. The second-order valence-corrected chi connectivity index (χ2v) is 9.23. The summed E-state index contributed by atoms with van der Waals surface area (Å²) < 4.78 is 5.50. The molecule has 0 aromatic carbocycles. The number of carbonyl (C=O) groups excluding carboxylic acids is 1. The second-order valence-electron chi connectivity index (χ2n) is 9.23. The zero-order chi connectivity index (χ0) is 16.2. The predicted octanol–water partition coefficient (Wildman–Crippen LogP) is 3.41. The van der Waals surface area contributed by atoms with Gasteiger partial charge in [-0.3, -0.25) is 0 Å². The molecule has 2 bridgehead atoms. The number of hydrogen-bond acceptors (Lipinski definition) is 2. The fourth-order valence-corrected chi connectivity index (χ4v) is 5.44. The normalized spacial score (nSPS) is 41.3. The van der Waals surface area contributed by atoms with Crippen LogP contribution in [0.5, 0.6) is 0 Å². The Balaban J connectivity index is 1.42. The standard InChI is InChI=1S/C19H32N2O2/c1-18(2)14-6-8-19(18,3)16(10-14)20-17(22)21(15-4-5-15)11-13-7-9-23-12-13/h13-16H,4-12H2,1-3H3,(H,20,22)/t13-,14+,16+,19+/m1/s1. The number of urea groups is 1. The van der Waals surface area contributed by atoms with E-state index in [4.69, 9.17) is 4.74 Å². The van der Waals surface area contributed by atoms with Gasteiger partial charge in [-0.2, -0.15) is 0 Å². The Labute approximate surface area is 140 Å². The topological polar surface area (TPSA) is 41.6 Å². The maximum Gasteiger partial charge on any atom is 0.317 e. The van der Waals surface area contributed by atoms with E-state index < -0.39 is 0 Å². The van der Waals surface area contributed by atoms with E-state index in [1.807, 2.05) is 0 Å². The average molecular weight is 320 g/mol. The zero-order valence-electron chi connectivity index (χ0n) is 14.9. The molecule has 3 aliphatic carbocycles. The van der Waals surface area contributed by atoms with Crippen molar-refractivity contribution in [2.75, 3.05) is 19.8 Å². The van der Waals surface area contributed by atoms with Crippen LogP contribution in [0.2, 0.25) is 0 Å². The van der Waals surface area contributed by atoms with E-state index in [0.717, 1.165) is 32.1 Å². The quantitative estimate of drug-likeness (QED) is 0.862. The van der Waals surface area contributed by atoms with Gasteiger partial charge >= 0.3 is 6.03 Å². The van der Waals surface area contributed by atoms with E-state index in [2.05, 4.69) is 31.0 Å². The third kappa shape index (κ3) is 2.48. The molecule has 4 aliphatic rings. The molecule has 3 saturated carbocycles. The molecule has 23 heavy (non-hydrogen) atoms. The molecule has 1 aliphatic heterocycles. The molecule has 4 nitrogen and oxygen atoms in total. The monoisotopic (exact) mass is 320 g/mol. The number of fused-ring (bicyclic) bond motifs is 2. The van der Waals surface area contributed by atoms with Crippen LogP contribution in [0.15, 0.2) is 0 Å².